The third-order valence-electron chi connectivity index (χ3n) is 5.00. The molecule has 0 N–H and O–H groups in total. The van der Waals surface area contributed by atoms with Crippen molar-refractivity contribution in [1.82, 2.24) is 4.31 Å². The molecule has 0 aliphatic rings. The maximum Gasteiger partial charge on any atom is 0.323 e. The van der Waals surface area contributed by atoms with Crippen LogP contribution in [-0.4, -0.2) is 77.1 Å². The number of rotatable bonds is 15. The molecule has 0 saturated carbocycles. The van der Waals surface area contributed by atoms with Crippen LogP contribution in [0.3, 0.4) is 0 Å². The fourth-order valence-corrected chi connectivity index (χ4v) is 6.97. The van der Waals surface area contributed by atoms with Crippen molar-refractivity contribution in [1.29, 1.82) is 0 Å². The summed E-state index contributed by atoms with van der Waals surface area (Å²) in [5.74, 6) is -3.42. The van der Waals surface area contributed by atoms with E-state index in [1.807, 2.05) is 0 Å². The summed E-state index contributed by atoms with van der Waals surface area (Å²) in [5.41, 5.74) is 0.388. The van der Waals surface area contributed by atoms with Crippen molar-refractivity contribution in [3.05, 3.63) is 59.0 Å². The summed E-state index contributed by atoms with van der Waals surface area (Å²) >= 11 is 0. The van der Waals surface area contributed by atoms with Gasteiger partial charge in [0.25, 0.3) is 0 Å². The molecule has 0 bridgehead atoms. The molecule has 0 atom stereocenters. The van der Waals surface area contributed by atoms with Gasteiger partial charge in [0, 0.05) is 12.5 Å². The Kier molecular flexibility index (Phi) is 11.0. The molecule has 2 aromatic carbocycles. The topological polar surface area (TPSA) is 202 Å². The lowest BCUT2D eigenvalue weighted by atomic mass is 10.2. The van der Waals surface area contributed by atoms with E-state index in [0.29, 0.717) is 9.87 Å². The summed E-state index contributed by atoms with van der Waals surface area (Å²) in [4.78, 5) is 0. The molecule has 0 spiro atoms. The number of hydrogen-bond donors (Lipinski definition) is 0. The van der Waals surface area contributed by atoms with E-state index >= 15 is 0 Å². The van der Waals surface area contributed by atoms with Crippen LogP contribution in [-0.2, 0) is 56.0 Å². The Morgan fingerprint density at radius 2 is 1.24 bits per heavy atom. The number of benzene rings is 2. The minimum absolute atomic E-state index is 0.0150. The summed E-state index contributed by atoms with van der Waals surface area (Å²) in [6.45, 7) is 2.69. The number of nitrogens with zero attached hydrogens (tertiary/aromatic N) is 1. The van der Waals surface area contributed by atoms with Crippen molar-refractivity contribution in [3.63, 3.8) is 0 Å². The summed E-state index contributed by atoms with van der Waals surface area (Å²) in [7, 11) is -19.3. The van der Waals surface area contributed by atoms with Crippen molar-refractivity contribution in [2.45, 2.75) is 19.6 Å². The van der Waals surface area contributed by atoms with Crippen LogP contribution in [0.5, 0.6) is 17.2 Å². The van der Waals surface area contributed by atoms with Crippen LogP contribution >= 0.6 is 0 Å². The Hall–Kier alpha value is -2.71. The van der Waals surface area contributed by atoms with E-state index < -0.39 is 79.1 Å². The molecule has 0 aliphatic carbocycles. The fourth-order valence-electron chi connectivity index (χ4n) is 2.75. The van der Waals surface area contributed by atoms with E-state index in [-0.39, 0.29) is 17.1 Å². The number of sulfonamides is 1. The zero-order chi connectivity index (χ0) is 31.3. The zero-order valence-corrected chi connectivity index (χ0v) is 26.4. The fraction of sp³-hybridized carbons (Fsp3) is 0.364. The first-order valence-corrected chi connectivity index (χ1v) is 19.8. The minimum atomic E-state index is -4.64. The maximum atomic E-state index is 12.6. The first-order valence-electron chi connectivity index (χ1n) is 11.5. The molecule has 0 saturated heterocycles. The van der Waals surface area contributed by atoms with E-state index in [1.165, 1.54) is 44.2 Å². The van der Waals surface area contributed by atoms with Gasteiger partial charge in [-0.2, -0.15) is 29.6 Å². The minimum Gasteiger partial charge on any atom is -0.382 e. The molecule has 41 heavy (non-hydrogen) atoms. The summed E-state index contributed by atoms with van der Waals surface area (Å²) < 4.78 is 136. The molecule has 0 radical (unpaired) electrons. The molecule has 2 aromatic rings. The highest BCUT2D eigenvalue weighted by Gasteiger charge is 2.25. The molecular weight excluding hydrogens is 647 g/mol. The van der Waals surface area contributed by atoms with E-state index in [2.05, 4.69) is 0 Å². The summed E-state index contributed by atoms with van der Waals surface area (Å²) in [6.07, 6.45) is 1.87. The Morgan fingerprint density at radius 3 is 1.78 bits per heavy atom. The molecule has 0 unspecified atom stereocenters. The lowest BCUT2D eigenvalue weighted by Crippen LogP contribution is -2.33. The van der Waals surface area contributed by atoms with Crippen LogP contribution in [0.15, 0.2) is 47.9 Å². The number of hydrogen-bond acceptors (Lipinski definition) is 13. The molecule has 0 heterocycles. The molecule has 0 amide bonds. The van der Waals surface area contributed by atoms with Gasteiger partial charge in [-0.25, -0.2) is 16.8 Å². The van der Waals surface area contributed by atoms with Crippen LogP contribution in [0.2, 0.25) is 0 Å². The van der Waals surface area contributed by atoms with Gasteiger partial charge in [-0.3, -0.25) is 0 Å². The van der Waals surface area contributed by atoms with Gasteiger partial charge in [0.2, 0.25) is 10.0 Å². The molecule has 0 aromatic heterocycles. The van der Waals surface area contributed by atoms with Crippen molar-refractivity contribution in [2.75, 3.05) is 30.7 Å². The van der Waals surface area contributed by atoms with Gasteiger partial charge in [-0.05, 0) is 55.3 Å². The van der Waals surface area contributed by atoms with Crippen LogP contribution in [0.4, 0.5) is 0 Å². The molecule has 19 heteroatoms. The van der Waals surface area contributed by atoms with E-state index in [1.54, 1.807) is 0 Å². The average Bonchev–Trinajstić information content (AvgIpc) is 2.84. The maximum absolute atomic E-state index is 12.6. The predicted octanol–water partition coefficient (Wildman–Crippen LogP) is 1.29. The van der Waals surface area contributed by atoms with Gasteiger partial charge in [0.05, 0.1) is 23.5 Å². The second kappa shape index (κ2) is 13.1. The highest BCUT2D eigenvalue weighted by atomic mass is 32.2. The van der Waals surface area contributed by atoms with Crippen LogP contribution in [0.25, 0.3) is 6.08 Å². The lowest BCUT2D eigenvalue weighted by molar-refractivity contribution is 0.434. The smallest absolute Gasteiger partial charge is 0.323 e. The third kappa shape index (κ3) is 11.6. The highest BCUT2D eigenvalue weighted by molar-refractivity contribution is 7.93. The Labute approximate surface area is 240 Å². The monoisotopic (exact) mass is 675 g/mol. The van der Waals surface area contributed by atoms with Crippen LogP contribution in [0, 0.1) is 0 Å². The standard InChI is InChI=1S/C22H29NO13S5/c1-5-39(28,29)34-20-10-7-19(8-11-20)16-38(26,27)14-13-18-9-12-21(35-40(30,31)6-2)22(15-18)36-41(32,33)17-23(3)37(4,24)25/h7-15H,5-6,16-17H2,1-4H3/b14-13+. The second-order valence-electron chi connectivity index (χ2n) is 8.45. The third-order valence-corrected chi connectivity index (χ3v) is 11.1. The predicted molar refractivity (Wildman–Crippen MR) is 152 cm³/mol. The first-order chi connectivity index (χ1) is 18.7. The normalized spacial score (nSPS) is 13.4. The van der Waals surface area contributed by atoms with Crippen molar-refractivity contribution >= 4 is 56.3 Å². The zero-order valence-electron chi connectivity index (χ0n) is 22.3. The van der Waals surface area contributed by atoms with E-state index in [9.17, 15) is 42.1 Å². The molecule has 0 aliphatic heterocycles. The van der Waals surface area contributed by atoms with Gasteiger partial charge in [0.15, 0.2) is 27.2 Å². The van der Waals surface area contributed by atoms with Crippen LogP contribution < -0.4 is 12.5 Å². The van der Waals surface area contributed by atoms with Gasteiger partial charge >= 0.3 is 30.4 Å². The van der Waals surface area contributed by atoms with Crippen molar-refractivity contribution in [2.24, 2.45) is 0 Å². The van der Waals surface area contributed by atoms with Crippen molar-refractivity contribution < 1.29 is 54.6 Å². The van der Waals surface area contributed by atoms with E-state index in [4.69, 9.17) is 12.5 Å². The molecule has 0 fully saturated rings. The van der Waals surface area contributed by atoms with Gasteiger partial charge in [-0.1, -0.05) is 18.2 Å². The largest absolute Gasteiger partial charge is 0.382 e. The lowest BCUT2D eigenvalue weighted by Gasteiger charge is -2.16. The van der Waals surface area contributed by atoms with Gasteiger partial charge in [-0.15, -0.1) is 0 Å². The van der Waals surface area contributed by atoms with Crippen LogP contribution in [0.1, 0.15) is 25.0 Å². The Bertz CT molecular complexity index is 1810. The molecule has 230 valence electrons. The molecule has 14 nitrogen and oxygen atoms in total. The summed E-state index contributed by atoms with van der Waals surface area (Å²) in [6, 6.07) is 8.65. The first kappa shape index (κ1) is 34.5. The quantitative estimate of drug-likeness (QED) is 0.245. The average molecular weight is 676 g/mol. The van der Waals surface area contributed by atoms with Gasteiger partial charge in [0.1, 0.15) is 5.75 Å². The Morgan fingerprint density at radius 1 is 0.707 bits per heavy atom. The SMILES string of the molecule is CCS(=O)(=O)Oc1ccc(CS(=O)(=O)/C=C/c2ccc(OS(=O)(=O)CC)c(OS(=O)(=O)CN(C)S(C)(=O)=O)c2)cc1. The summed E-state index contributed by atoms with van der Waals surface area (Å²) in [5, 5.41) is 0.827. The Balaban J connectivity index is 2.33. The highest BCUT2D eigenvalue weighted by Crippen LogP contribution is 2.32. The molecular formula is C22H29NO13S5. The van der Waals surface area contributed by atoms with Gasteiger partial charge < -0.3 is 12.5 Å². The number of sulfone groups is 1. The van der Waals surface area contributed by atoms with E-state index in [0.717, 1.165) is 36.9 Å². The molecule has 2 rings (SSSR count). The second-order valence-corrected chi connectivity index (χ2v) is 17.7. The van der Waals surface area contributed by atoms with Crippen molar-refractivity contribution in [3.8, 4) is 17.2 Å².